The monoisotopic (exact) mass is 294 g/mol. The zero-order valence-corrected chi connectivity index (χ0v) is 11.8. The minimum absolute atomic E-state index is 0.0685. The predicted octanol–water partition coefficient (Wildman–Crippen LogP) is -0.0875. The zero-order valence-electron chi connectivity index (χ0n) is 11.8. The fraction of sp³-hybridized carbons (Fsp3) is 0.143. The van der Waals surface area contributed by atoms with Gasteiger partial charge in [0.2, 0.25) is 0 Å². The van der Waals surface area contributed by atoms with Crippen LogP contribution in [-0.2, 0) is 14.1 Å². The van der Waals surface area contributed by atoms with Crippen molar-refractivity contribution in [2.75, 3.05) is 0 Å². The molecule has 0 radical (unpaired) electrons. The van der Waals surface area contributed by atoms with Crippen LogP contribution in [-0.4, -0.2) is 24.3 Å². The van der Waals surface area contributed by atoms with Gasteiger partial charge in [0, 0.05) is 19.7 Å². The highest BCUT2D eigenvalue weighted by Crippen LogP contribution is 2.18. The number of rotatable bonds is 1. The molecule has 0 aliphatic carbocycles. The summed E-state index contributed by atoms with van der Waals surface area (Å²) in [7, 11) is 2.93. The second kappa shape index (κ2) is 4.89. The van der Waals surface area contributed by atoms with Gasteiger partial charge in [0.15, 0.2) is 17.3 Å². The molecule has 0 aromatic heterocycles. The second-order valence-electron chi connectivity index (χ2n) is 4.68. The summed E-state index contributed by atoms with van der Waals surface area (Å²) in [5.74, 6) is 0.447. The second-order valence-corrected chi connectivity index (χ2v) is 4.68. The van der Waals surface area contributed by atoms with Crippen molar-refractivity contribution in [3.63, 3.8) is 0 Å². The summed E-state index contributed by atoms with van der Waals surface area (Å²) in [5.41, 5.74) is 0.0666. The van der Waals surface area contributed by atoms with Crippen molar-refractivity contribution < 1.29 is 0 Å². The van der Waals surface area contributed by atoms with Crippen LogP contribution in [0.25, 0.3) is 22.9 Å². The fourth-order valence-electron chi connectivity index (χ4n) is 2.02. The van der Waals surface area contributed by atoms with Crippen molar-refractivity contribution in [1.29, 1.82) is 5.26 Å². The van der Waals surface area contributed by atoms with Crippen LogP contribution in [0.15, 0.2) is 33.9 Å². The maximum atomic E-state index is 12.2. The minimum Gasteiger partial charge on any atom is -0.267 e. The zero-order chi connectivity index (χ0) is 15.9. The summed E-state index contributed by atoms with van der Waals surface area (Å²) in [6.45, 7) is 0. The molecule has 0 amide bonds. The molecule has 0 fully saturated rings. The van der Waals surface area contributed by atoms with Crippen molar-refractivity contribution in [1.82, 2.24) is 24.3 Å². The highest BCUT2D eigenvalue weighted by molar-refractivity contribution is 5.60. The van der Waals surface area contributed by atoms with Gasteiger partial charge in [-0.2, -0.15) is 15.3 Å². The van der Waals surface area contributed by atoms with E-state index in [0.29, 0.717) is 17.0 Å². The van der Waals surface area contributed by atoms with E-state index in [1.165, 1.54) is 11.7 Å². The van der Waals surface area contributed by atoms with E-state index in [1.54, 1.807) is 31.3 Å². The van der Waals surface area contributed by atoms with Gasteiger partial charge in [-0.25, -0.2) is 14.5 Å². The van der Waals surface area contributed by atoms with Crippen LogP contribution in [0.5, 0.6) is 0 Å². The van der Waals surface area contributed by atoms with Crippen LogP contribution in [0.2, 0.25) is 0 Å². The van der Waals surface area contributed by atoms with Gasteiger partial charge in [0.1, 0.15) is 0 Å². The van der Waals surface area contributed by atoms with E-state index in [-0.39, 0.29) is 11.5 Å². The van der Waals surface area contributed by atoms with Crippen molar-refractivity contribution in [2.45, 2.75) is 0 Å². The van der Waals surface area contributed by atoms with E-state index in [0.717, 1.165) is 4.57 Å². The molecule has 2 aliphatic heterocycles. The molecule has 3 rings (SSSR count). The molecule has 22 heavy (non-hydrogen) atoms. The maximum absolute atomic E-state index is 12.2. The first-order valence-corrected chi connectivity index (χ1v) is 6.34. The Morgan fingerprint density at radius 2 is 1.77 bits per heavy atom. The summed E-state index contributed by atoms with van der Waals surface area (Å²) < 4.78 is 2.25. The van der Waals surface area contributed by atoms with E-state index in [4.69, 9.17) is 5.26 Å². The van der Waals surface area contributed by atoms with Gasteiger partial charge in [-0.15, -0.1) is 0 Å². The largest absolute Gasteiger partial charge is 0.352 e. The molecule has 0 saturated heterocycles. The number of nitrogens with zero attached hydrogens (tertiary/aromatic N) is 6. The van der Waals surface area contributed by atoms with Crippen LogP contribution >= 0.6 is 0 Å². The van der Waals surface area contributed by atoms with Gasteiger partial charge in [0.05, 0.1) is 11.6 Å². The Morgan fingerprint density at radius 3 is 2.41 bits per heavy atom. The van der Waals surface area contributed by atoms with Gasteiger partial charge >= 0.3 is 5.69 Å². The van der Waals surface area contributed by atoms with E-state index in [9.17, 15) is 9.59 Å². The Morgan fingerprint density at radius 1 is 1.09 bits per heavy atom. The Hall–Kier alpha value is -3.34. The topological polar surface area (TPSA) is 106 Å². The highest BCUT2D eigenvalue weighted by Gasteiger charge is 2.19. The molecule has 1 aromatic carbocycles. The fourth-order valence-corrected chi connectivity index (χ4v) is 2.02. The lowest BCUT2D eigenvalue weighted by molar-refractivity contribution is 0.678. The molecule has 0 spiro atoms. The molecule has 0 saturated carbocycles. The third kappa shape index (κ3) is 2.05. The minimum atomic E-state index is -0.650. The number of hydrogen-bond acceptors (Lipinski definition) is 6. The molecule has 0 N–H and O–H groups in total. The number of fused-ring (bicyclic) bond motifs is 1. The van der Waals surface area contributed by atoms with Gasteiger partial charge < -0.3 is 0 Å². The first-order valence-electron chi connectivity index (χ1n) is 6.34. The number of nitriles is 1. The lowest BCUT2D eigenvalue weighted by atomic mass is 10.1. The summed E-state index contributed by atoms with van der Waals surface area (Å²) in [6, 6.07) is 8.69. The molecule has 8 nitrogen and oxygen atoms in total. The Bertz CT molecular complexity index is 994. The Kier molecular flexibility index (Phi) is 3.03. The third-order valence-electron chi connectivity index (χ3n) is 3.25. The molecular weight excluding hydrogens is 284 g/mol. The smallest absolute Gasteiger partial charge is 0.267 e. The quantitative estimate of drug-likeness (QED) is 0.621. The van der Waals surface area contributed by atoms with E-state index in [1.807, 2.05) is 6.07 Å². The lowest BCUT2D eigenvalue weighted by Gasteiger charge is -2.11. The molecule has 0 bridgehead atoms. The number of hydrogen-bond donors (Lipinski definition) is 0. The van der Waals surface area contributed by atoms with Crippen LogP contribution in [0.3, 0.4) is 0 Å². The van der Waals surface area contributed by atoms with E-state index in [2.05, 4.69) is 15.1 Å². The normalized spacial score (nSPS) is 10.6. The van der Waals surface area contributed by atoms with Crippen LogP contribution in [0.4, 0.5) is 0 Å². The molecular formula is C14H10N6O2. The third-order valence-corrected chi connectivity index (χ3v) is 3.25. The number of aryl methyl sites for hydroxylation is 1. The Labute approximate surface area is 124 Å². The number of aromatic nitrogens is 5. The molecule has 1 aromatic rings. The van der Waals surface area contributed by atoms with Crippen LogP contribution < -0.4 is 11.2 Å². The summed E-state index contributed by atoms with van der Waals surface area (Å²) in [5, 5.41) is 13.0. The molecule has 0 atom stereocenters. The van der Waals surface area contributed by atoms with Crippen molar-refractivity contribution in [3.05, 3.63) is 50.7 Å². The van der Waals surface area contributed by atoms with E-state index < -0.39 is 11.2 Å². The standard InChI is InChI=1S/C14H10N6O2/c1-19-13(21)10-12(17-14(19)22)20(2)18-11(16-10)9-5-3-8(7-15)4-6-9/h3-6H,1-2H3. The van der Waals surface area contributed by atoms with Crippen LogP contribution in [0, 0.1) is 11.3 Å². The van der Waals surface area contributed by atoms with Gasteiger partial charge in [-0.3, -0.25) is 9.36 Å². The van der Waals surface area contributed by atoms with Crippen molar-refractivity contribution in [3.8, 4) is 29.0 Å². The first-order chi connectivity index (χ1) is 10.5. The van der Waals surface area contributed by atoms with Gasteiger partial charge in [-0.1, -0.05) is 0 Å². The maximum Gasteiger partial charge on any atom is 0.352 e. The predicted molar refractivity (Wildman–Crippen MR) is 77.1 cm³/mol. The summed E-state index contributed by atoms with van der Waals surface area (Å²) >= 11 is 0. The Balaban J connectivity index is 2.29. The van der Waals surface area contributed by atoms with Crippen LogP contribution in [0.1, 0.15) is 5.56 Å². The van der Waals surface area contributed by atoms with Gasteiger partial charge in [0.25, 0.3) is 5.56 Å². The average Bonchev–Trinajstić information content (AvgIpc) is 2.54. The lowest BCUT2D eigenvalue weighted by Crippen LogP contribution is -2.36. The van der Waals surface area contributed by atoms with Crippen molar-refractivity contribution in [2.24, 2.45) is 14.1 Å². The summed E-state index contributed by atoms with van der Waals surface area (Å²) in [4.78, 5) is 31.8. The van der Waals surface area contributed by atoms with E-state index >= 15 is 0 Å². The highest BCUT2D eigenvalue weighted by atomic mass is 16.2. The average molecular weight is 294 g/mol. The molecule has 2 aliphatic rings. The molecule has 2 heterocycles. The summed E-state index contributed by atoms with van der Waals surface area (Å²) in [6.07, 6.45) is 0. The van der Waals surface area contributed by atoms with Gasteiger partial charge in [-0.05, 0) is 24.3 Å². The SMILES string of the molecule is Cn1nc(-c2ccc(C#N)cc2)nc2c(=O)n(C)c(=O)nc1-2. The molecule has 0 unspecified atom stereocenters. The van der Waals surface area contributed by atoms with Crippen molar-refractivity contribution >= 4 is 0 Å². The first kappa shape index (κ1) is 13.6. The number of benzene rings is 1. The molecule has 108 valence electrons. The molecule has 8 heteroatoms.